The number of benzene rings is 1. The van der Waals surface area contributed by atoms with Crippen molar-refractivity contribution in [3.8, 4) is 5.75 Å². The average Bonchev–Trinajstić information content (AvgIpc) is 2.25. The minimum atomic E-state index is 0.231. The highest BCUT2D eigenvalue weighted by Crippen LogP contribution is 2.27. The Balaban J connectivity index is 2.54. The summed E-state index contributed by atoms with van der Waals surface area (Å²) in [4.78, 5) is 0. The van der Waals surface area contributed by atoms with Gasteiger partial charge in [-0.15, -0.1) is 0 Å². The van der Waals surface area contributed by atoms with E-state index in [-0.39, 0.29) is 6.61 Å². The number of halogens is 1. The molecule has 84 valence electrons. The van der Waals surface area contributed by atoms with E-state index < -0.39 is 0 Å². The molecule has 0 radical (unpaired) electrons. The van der Waals surface area contributed by atoms with E-state index in [4.69, 9.17) is 21.4 Å². The van der Waals surface area contributed by atoms with Crippen LogP contribution in [0.5, 0.6) is 5.75 Å². The highest BCUT2D eigenvalue weighted by Gasteiger charge is 2.02. The molecule has 2 N–H and O–H groups in total. The molecule has 0 heterocycles. The summed E-state index contributed by atoms with van der Waals surface area (Å²) in [7, 11) is 1.63. The van der Waals surface area contributed by atoms with Crippen LogP contribution in [0.2, 0.25) is 5.02 Å². The first kappa shape index (κ1) is 12.1. The van der Waals surface area contributed by atoms with Crippen molar-refractivity contribution in [1.29, 1.82) is 0 Å². The molecule has 3 nitrogen and oxygen atoms in total. The molecule has 1 aromatic rings. The minimum absolute atomic E-state index is 0.231. The molecule has 15 heavy (non-hydrogen) atoms. The van der Waals surface area contributed by atoms with Gasteiger partial charge in [-0.05, 0) is 31.0 Å². The summed E-state index contributed by atoms with van der Waals surface area (Å²) < 4.78 is 5.19. The Kier molecular flexibility index (Phi) is 5.29. The lowest BCUT2D eigenvalue weighted by molar-refractivity contribution is 0.286. The minimum Gasteiger partial charge on any atom is -0.495 e. The molecule has 4 heteroatoms. The number of aliphatic hydroxyl groups is 1. The Morgan fingerprint density at radius 3 is 2.87 bits per heavy atom. The number of aliphatic hydroxyl groups excluding tert-OH is 1. The van der Waals surface area contributed by atoms with Crippen molar-refractivity contribution in [1.82, 2.24) is 0 Å². The van der Waals surface area contributed by atoms with Crippen LogP contribution >= 0.6 is 11.6 Å². The number of hydrogen-bond acceptors (Lipinski definition) is 3. The Labute approximate surface area is 95.0 Å². The van der Waals surface area contributed by atoms with Crippen LogP contribution in [0.15, 0.2) is 18.2 Å². The average molecular weight is 230 g/mol. The normalized spacial score (nSPS) is 10.1. The molecule has 1 rings (SSSR count). The Morgan fingerprint density at radius 1 is 1.40 bits per heavy atom. The van der Waals surface area contributed by atoms with E-state index in [0.717, 1.165) is 30.8 Å². The predicted octanol–water partition coefficient (Wildman–Crippen LogP) is 2.53. The summed E-state index contributed by atoms with van der Waals surface area (Å²) in [6, 6.07) is 5.45. The molecule has 0 amide bonds. The second-order valence-corrected chi connectivity index (χ2v) is 3.64. The van der Waals surface area contributed by atoms with Crippen molar-refractivity contribution in [2.24, 2.45) is 0 Å². The summed E-state index contributed by atoms with van der Waals surface area (Å²) in [5.41, 5.74) is 0.892. The second kappa shape index (κ2) is 6.53. The third-order valence-electron chi connectivity index (χ3n) is 2.06. The molecule has 0 saturated carbocycles. The van der Waals surface area contributed by atoms with Crippen LogP contribution in [-0.2, 0) is 0 Å². The highest BCUT2D eigenvalue weighted by molar-refractivity contribution is 6.30. The molecule has 0 aliphatic heterocycles. The third kappa shape index (κ3) is 3.98. The first-order valence-corrected chi connectivity index (χ1v) is 5.34. The van der Waals surface area contributed by atoms with Gasteiger partial charge in [0.05, 0.1) is 12.8 Å². The van der Waals surface area contributed by atoms with Gasteiger partial charge in [-0.3, -0.25) is 0 Å². The van der Waals surface area contributed by atoms with E-state index in [9.17, 15) is 0 Å². The van der Waals surface area contributed by atoms with E-state index in [2.05, 4.69) is 5.32 Å². The maximum atomic E-state index is 8.63. The van der Waals surface area contributed by atoms with Gasteiger partial charge < -0.3 is 15.2 Å². The lowest BCUT2D eigenvalue weighted by Crippen LogP contribution is -2.03. The lowest BCUT2D eigenvalue weighted by atomic mass is 10.2. The molecule has 1 aromatic carbocycles. The second-order valence-electron chi connectivity index (χ2n) is 3.20. The molecular weight excluding hydrogens is 214 g/mol. The first-order valence-electron chi connectivity index (χ1n) is 4.96. The van der Waals surface area contributed by atoms with Gasteiger partial charge in [-0.25, -0.2) is 0 Å². The zero-order valence-electron chi connectivity index (χ0n) is 8.79. The molecule has 0 aliphatic carbocycles. The van der Waals surface area contributed by atoms with Crippen LogP contribution in [0.4, 0.5) is 5.69 Å². The van der Waals surface area contributed by atoms with Crippen molar-refractivity contribution in [3.05, 3.63) is 23.2 Å². The van der Waals surface area contributed by atoms with Crippen molar-refractivity contribution in [2.45, 2.75) is 12.8 Å². The van der Waals surface area contributed by atoms with E-state index in [1.54, 1.807) is 13.2 Å². The summed E-state index contributed by atoms with van der Waals surface area (Å²) in [5, 5.41) is 12.5. The highest BCUT2D eigenvalue weighted by atomic mass is 35.5. The molecule has 0 aliphatic rings. The van der Waals surface area contributed by atoms with Crippen molar-refractivity contribution in [3.63, 3.8) is 0 Å². The molecular formula is C11H16ClNO2. The Bertz CT molecular complexity index is 305. The van der Waals surface area contributed by atoms with Crippen LogP contribution in [0.3, 0.4) is 0 Å². The van der Waals surface area contributed by atoms with Crippen LogP contribution in [0.25, 0.3) is 0 Å². The smallest absolute Gasteiger partial charge is 0.142 e. The molecule has 0 spiro atoms. The van der Waals surface area contributed by atoms with Gasteiger partial charge in [0.15, 0.2) is 0 Å². The quantitative estimate of drug-likeness (QED) is 0.737. The first-order chi connectivity index (χ1) is 7.27. The van der Waals surface area contributed by atoms with Gasteiger partial charge in [0.1, 0.15) is 5.75 Å². The number of methoxy groups -OCH3 is 1. The van der Waals surface area contributed by atoms with Gasteiger partial charge in [0, 0.05) is 18.2 Å². The van der Waals surface area contributed by atoms with Crippen molar-refractivity contribution >= 4 is 17.3 Å². The topological polar surface area (TPSA) is 41.5 Å². The molecule has 0 saturated heterocycles. The van der Waals surface area contributed by atoms with E-state index in [1.165, 1.54) is 0 Å². The maximum Gasteiger partial charge on any atom is 0.142 e. The zero-order chi connectivity index (χ0) is 11.1. The van der Waals surface area contributed by atoms with Gasteiger partial charge in [0.2, 0.25) is 0 Å². The van der Waals surface area contributed by atoms with Crippen molar-refractivity contribution in [2.75, 3.05) is 25.6 Å². The molecule has 0 bridgehead atoms. The van der Waals surface area contributed by atoms with Crippen LogP contribution in [0.1, 0.15) is 12.8 Å². The van der Waals surface area contributed by atoms with Crippen LogP contribution < -0.4 is 10.1 Å². The Hall–Kier alpha value is -0.930. The van der Waals surface area contributed by atoms with E-state index in [1.807, 2.05) is 12.1 Å². The third-order valence-corrected chi connectivity index (χ3v) is 2.30. The lowest BCUT2D eigenvalue weighted by Gasteiger charge is -2.10. The number of unbranched alkanes of at least 4 members (excludes halogenated alkanes) is 1. The Morgan fingerprint density at radius 2 is 2.20 bits per heavy atom. The van der Waals surface area contributed by atoms with Gasteiger partial charge >= 0.3 is 0 Å². The number of rotatable bonds is 6. The molecule has 0 aromatic heterocycles. The number of hydrogen-bond donors (Lipinski definition) is 2. The molecule has 0 fully saturated rings. The van der Waals surface area contributed by atoms with Crippen LogP contribution in [-0.4, -0.2) is 25.4 Å². The van der Waals surface area contributed by atoms with Gasteiger partial charge in [-0.1, -0.05) is 11.6 Å². The van der Waals surface area contributed by atoms with Gasteiger partial charge in [0.25, 0.3) is 0 Å². The summed E-state index contributed by atoms with van der Waals surface area (Å²) in [6.45, 7) is 1.03. The fourth-order valence-corrected chi connectivity index (χ4v) is 1.45. The zero-order valence-corrected chi connectivity index (χ0v) is 9.55. The van der Waals surface area contributed by atoms with E-state index >= 15 is 0 Å². The SMILES string of the molecule is COc1ccc(Cl)cc1NCCCCO. The number of ether oxygens (including phenoxy) is 1. The standard InChI is InChI=1S/C11H16ClNO2/c1-15-11-5-4-9(12)8-10(11)13-6-2-3-7-14/h4-5,8,13-14H,2-3,6-7H2,1H3. The fourth-order valence-electron chi connectivity index (χ4n) is 1.28. The van der Waals surface area contributed by atoms with E-state index in [0.29, 0.717) is 5.02 Å². The number of nitrogens with one attached hydrogen (secondary N) is 1. The summed E-state index contributed by atoms with van der Waals surface area (Å²) in [5.74, 6) is 0.781. The number of anilines is 1. The summed E-state index contributed by atoms with van der Waals surface area (Å²) >= 11 is 5.88. The maximum absolute atomic E-state index is 8.63. The largest absolute Gasteiger partial charge is 0.495 e. The monoisotopic (exact) mass is 229 g/mol. The molecule has 0 atom stereocenters. The fraction of sp³-hybridized carbons (Fsp3) is 0.455. The predicted molar refractivity (Wildman–Crippen MR) is 62.8 cm³/mol. The van der Waals surface area contributed by atoms with Crippen LogP contribution in [0, 0.1) is 0 Å². The summed E-state index contributed by atoms with van der Waals surface area (Å²) in [6.07, 6.45) is 1.72. The van der Waals surface area contributed by atoms with Gasteiger partial charge in [-0.2, -0.15) is 0 Å². The molecule has 0 unspecified atom stereocenters. The van der Waals surface area contributed by atoms with Crippen molar-refractivity contribution < 1.29 is 9.84 Å².